The summed E-state index contributed by atoms with van der Waals surface area (Å²) in [6.45, 7) is 0. The Labute approximate surface area is 115 Å². The molecule has 1 radical (unpaired) electrons. The van der Waals surface area contributed by atoms with E-state index in [-0.39, 0.29) is 117 Å². The van der Waals surface area contributed by atoms with E-state index in [1.165, 1.54) is 0 Å². The first-order valence-corrected chi connectivity index (χ1v) is 0. The quantitative estimate of drug-likeness (QED) is 0.210. The summed E-state index contributed by atoms with van der Waals surface area (Å²) in [5.74, 6) is 0. The van der Waals surface area contributed by atoms with Crippen LogP contribution in [0.1, 0.15) is 0 Å². The van der Waals surface area contributed by atoms with Crippen LogP contribution in [-0.2, 0) is 0 Å². The third-order valence-electron chi connectivity index (χ3n) is 0. The standard InChI is InChI=1S/K.9H3N.H3P/h;10*1H3. The van der Waals surface area contributed by atoms with E-state index in [2.05, 4.69) is 0 Å². The average molecular weight is 226 g/mol. The molecule has 0 aromatic heterocycles. The van der Waals surface area contributed by atoms with Gasteiger partial charge < -0.3 is 55.4 Å². The molecule has 0 saturated carbocycles. The smallest absolute Gasteiger partial charge is 0 e. The Bertz CT molecular complexity index is 9.52. The Morgan fingerprint density at radius 1 is 0.273 bits per heavy atom. The van der Waals surface area contributed by atoms with Crippen LogP contribution in [0.2, 0.25) is 0 Å². The van der Waals surface area contributed by atoms with Crippen molar-refractivity contribution >= 4 is 61.3 Å². The molecule has 0 aromatic rings. The van der Waals surface area contributed by atoms with Gasteiger partial charge in [0.25, 0.3) is 0 Å². The minimum atomic E-state index is 0. The molecule has 9 nitrogen and oxygen atoms in total. The van der Waals surface area contributed by atoms with Crippen LogP contribution in [0.4, 0.5) is 0 Å². The molecule has 0 amide bonds. The summed E-state index contributed by atoms with van der Waals surface area (Å²) < 4.78 is 0. The molecule has 0 aliphatic rings. The first-order chi connectivity index (χ1) is 0. The molecule has 11 heavy (non-hydrogen) atoms. The molecule has 81 valence electrons. The summed E-state index contributed by atoms with van der Waals surface area (Å²) in [6.07, 6.45) is 0. The molecule has 0 rings (SSSR count). The molecule has 1 unspecified atom stereocenters. The van der Waals surface area contributed by atoms with E-state index >= 15 is 0 Å². The predicted octanol–water partition coefficient (Wildman–Crippen LogP) is 1.14. The Balaban J connectivity index is 0. The van der Waals surface area contributed by atoms with E-state index < -0.39 is 0 Å². The molecule has 0 bridgehead atoms. The zero-order valence-electron chi connectivity index (χ0n) is 8.07. The summed E-state index contributed by atoms with van der Waals surface area (Å²) in [5.41, 5.74) is 0. The van der Waals surface area contributed by atoms with Gasteiger partial charge in [0.1, 0.15) is 0 Å². The first kappa shape index (κ1) is 598. The van der Waals surface area contributed by atoms with E-state index in [0.717, 1.165) is 0 Å². The largest absolute Gasteiger partial charge is 0.344 e. The van der Waals surface area contributed by atoms with Crippen molar-refractivity contribution in [3.63, 3.8) is 0 Å². The van der Waals surface area contributed by atoms with Crippen molar-refractivity contribution in [2.24, 2.45) is 0 Å². The molecule has 0 heterocycles. The normalized spacial score (nSPS) is 0. The maximum atomic E-state index is 0. The van der Waals surface area contributed by atoms with Gasteiger partial charge in [-0.2, -0.15) is 9.90 Å². The predicted molar refractivity (Wildman–Crippen MR) is 62.1 cm³/mol. The fourth-order valence-electron chi connectivity index (χ4n) is 0. The van der Waals surface area contributed by atoms with Crippen LogP contribution < -0.4 is 55.4 Å². The molecule has 0 saturated heterocycles. The second-order valence-corrected chi connectivity index (χ2v) is 0. The monoisotopic (exact) mass is 226 g/mol. The number of rotatable bonds is 0. The van der Waals surface area contributed by atoms with Crippen LogP contribution in [0.3, 0.4) is 0 Å². The third-order valence-corrected chi connectivity index (χ3v) is 0. The second-order valence-electron chi connectivity index (χ2n) is 0. The summed E-state index contributed by atoms with van der Waals surface area (Å²) in [7, 11) is 0. The van der Waals surface area contributed by atoms with Gasteiger partial charge in [0.15, 0.2) is 0 Å². The fraction of sp³-hybridized carbons (Fsp3) is 0. The van der Waals surface area contributed by atoms with Gasteiger partial charge in [-0.05, 0) is 0 Å². The van der Waals surface area contributed by atoms with E-state index in [1.807, 2.05) is 0 Å². The fourth-order valence-corrected chi connectivity index (χ4v) is 0. The Kier molecular flexibility index (Phi) is 25100. The van der Waals surface area contributed by atoms with Crippen LogP contribution >= 0.6 is 9.90 Å². The molecule has 27 N–H and O–H groups in total. The Morgan fingerprint density at radius 2 is 0.273 bits per heavy atom. The summed E-state index contributed by atoms with van der Waals surface area (Å²) in [4.78, 5) is 0. The number of hydrogen-bond donors (Lipinski definition) is 9. The van der Waals surface area contributed by atoms with E-state index in [0.29, 0.717) is 0 Å². The van der Waals surface area contributed by atoms with Crippen LogP contribution in [0, 0.1) is 0 Å². The third kappa shape index (κ3) is 379. The molecular formula is H30KN9P. The van der Waals surface area contributed by atoms with Crippen molar-refractivity contribution in [2.75, 3.05) is 0 Å². The molecule has 0 spiro atoms. The van der Waals surface area contributed by atoms with Gasteiger partial charge in [-0.15, -0.1) is 0 Å². The maximum Gasteiger partial charge on any atom is 0 e. The van der Waals surface area contributed by atoms with Gasteiger partial charge in [0.05, 0.1) is 0 Å². The molecule has 0 aliphatic carbocycles. The van der Waals surface area contributed by atoms with Crippen LogP contribution in [-0.4, -0.2) is 51.4 Å². The van der Waals surface area contributed by atoms with Crippen molar-refractivity contribution < 1.29 is 0 Å². The topological polar surface area (TPSA) is 315 Å². The van der Waals surface area contributed by atoms with E-state index in [1.54, 1.807) is 0 Å². The van der Waals surface area contributed by atoms with Crippen LogP contribution in [0.25, 0.3) is 0 Å². The van der Waals surface area contributed by atoms with Crippen molar-refractivity contribution in [3.05, 3.63) is 0 Å². The molecular weight excluding hydrogens is 196 g/mol. The molecule has 0 fully saturated rings. The van der Waals surface area contributed by atoms with Gasteiger partial charge >= 0.3 is 0 Å². The van der Waals surface area contributed by atoms with Gasteiger partial charge in [-0.3, -0.25) is 0 Å². The molecule has 0 aromatic carbocycles. The zero-order chi connectivity index (χ0) is 0. The van der Waals surface area contributed by atoms with Gasteiger partial charge in [-0.1, -0.05) is 0 Å². The first-order valence-electron chi connectivity index (χ1n) is 0. The minimum Gasteiger partial charge on any atom is -0.344 e. The van der Waals surface area contributed by atoms with Gasteiger partial charge in [0.2, 0.25) is 0 Å². The van der Waals surface area contributed by atoms with Crippen molar-refractivity contribution in [1.82, 2.24) is 55.4 Å². The van der Waals surface area contributed by atoms with Crippen molar-refractivity contribution in [3.8, 4) is 0 Å². The molecule has 1 atom stereocenters. The SMILES string of the molecule is N.N.N.N.N.N.N.N.N.P.[K]. The van der Waals surface area contributed by atoms with Crippen molar-refractivity contribution in [2.45, 2.75) is 0 Å². The zero-order valence-corrected chi connectivity index (χ0v) is 12.6. The van der Waals surface area contributed by atoms with Crippen LogP contribution in [0.15, 0.2) is 0 Å². The van der Waals surface area contributed by atoms with Crippen LogP contribution in [0.5, 0.6) is 0 Å². The van der Waals surface area contributed by atoms with E-state index in [9.17, 15) is 0 Å². The van der Waals surface area contributed by atoms with Crippen molar-refractivity contribution in [1.29, 1.82) is 0 Å². The summed E-state index contributed by atoms with van der Waals surface area (Å²) in [5, 5.41) is 0. The summed E-state index contributed by atoms with van der Waals surface area (Å²) in [6, 6.07) is 0. The number of hydrogen-bond acceptors (Lipinski definition) is 9. The summed E-state index contributed by atoms with van der Waals surface area (Å²) >= 11 is 0. The molecule has 11 heteroatoms. The minimum absolute atomic E-state index is 0. The Morgan fingerprint density at radius 3 is 0.273 bits per heavy atom. The second kappa shape index (κ2) is 461. The van der Waals surface area contributed by atoms with E-state index in [4.69, 9.17) is 0 Å². The Hall–Kier alpha value is 1.71. The average Bonchev–Trinajstić information content (AvgIpc) is 0. The van der Waals surface area contributed by atoms with Gasteiger partial charge in [0, 0.05) is 51.4 Å². The maximum absolute atomic E-state index is 0. The van der Waals surface area contributed by atoms with Gasteiger partial charge in [-0.25, -0.2) is 0 Å². The molecule has 0 aliphatic heterocycles.